The van der Waals surface area contributed by atoms with Gasteiger partial charge < -0.3 is 10.1 Å². The highest BCUT2D eigenvalue weighted by Crippen LogP contribution is 2.55. The summed E-state index contributed by atoms with van der Waals surface area (Å²) in [5.41, 5.74) is 0.220. The number of ether oxygens (including phenoxy) is 1. The van der Waals surface area contributed by atoms with Crippen LogP contribution in [0.15, 0.2) is 18.2 Å². The maximum Gasteiger partial charge on any atom is 0.339 e. The van der Waals surface area contributed by atoms with E-state index in [4.69, 9.17) is 4.74 Å². The van der Waals surface area contributed by atoms with Gasteiger partial charge in [0.05, 0.1) is 5.56 Å². The Morgan fingerprint density at radius 1 is 1.10 bits per heavy atom. The second-order valence-electron chi connectivity index (χ2n) is 9.15. The fourth-order valence-electron chi connectivity index (χ4n) is 5.75. The van der Waals surface area contributed by atoms with E-state index in [1.165, 1.54) is 38.3 Å². The third-order valence-electron chi connectivity index (χ3n) is 6.71. The van der Waals surface area contributed by atoms with Crippen LogP contribution in [-0.2, 0) is 9.53 Å². The van der Waals surface area contributed by atoms with Gasteiger partial charge in [-0.3, -0.25) is 10.1 Å². The maximum absolute atomic E-state index is 13.6. The predicted octanol–water partition coefficient (Wildman–Crippen LogP) is 3.47. The first-order chi connectivity index (χ1) is 13.7. The number of halogens is 1. The number of benzene rings is 1. The first-order valence-corrected chi connectivity index (χ1v) is 10.3. The summed E-state index contributed by atoms with van der Waals surface area (Å²) in [6.45, 7) is 2.97. The largest absolute Gasteiger partial charge is 0.449 e. The number of hydrogen-bond acceptors (Lipinski definition) is 4. The second kappa shape index (κ2) is 7.43. The number of carbonyl (C=O) groups excluding carboxylic acids is 3. The molecule has 0 radical (unpaired) electrons. The molecule has 4 fully saturated rings. The smallest absolute Gasteiger partial charge is 0.339 e. The van der Waals surface area contributed by atoms with Gasteiger partial charge in [-0.2, -0.15) is 0 Å². The molecule has 0 aliphatic heterocycles. The van der Waals surface area contributed by atoms with E-state index < -0.39 is 29.8 Å². The number of urea groups is 1. The predicted molar refractivity (Wildman–Crippen MR) is 104 cm³/mol. The average molecular weight is 402 g/mol. The SMILES string of the molecule is Cc1ccc(C(=O)O[C@H](C)C(=O)NC(=O)NC23CC4CC(CC(C4)C2)C3)cc1F. The lowest BCUT2D eigenvalue weighted by molar-refractivity contribution is -0.128. The van der Waals surface area contributed by atoms with Gasteiger partial charge in [0.15, 0.2) is 6.10 Å². The number of imide groups is 1. The van der Waals surface area contributed by atoms with E-state index in [-0.39, 0.29) is 11.1 Å². The summed E-state index contributed by atoms with van der Waals surface area (Å²) < 4.78 is 18.7. The Labute approximate surface area is 169 Å². The summed E-state index contributed by atoms with van der Waals surface area (Å²) in [6.07, 6.45) is 5.53. The van der Waals surface area contributed by atoms with Crippen molar-refractivity contribution in [2.24, 2.45) is 17.8 Å². The number of nitrogens with one attached hydrogen (secondary N) is 2. The van der Waals surface area contributed by atoms with Crippen molar-refractivity contribution in [2.75, 3.05) is 0 Å². The van der Waals surface area contributed by atoms with Crippen molar-refractivity contribution in [3.8, 4) is 0 Å². The van der Waals surface area contributed by atoms with Crippen molar-refractivity contribution in [2.45, 2.75) is 64.0 Å². The quantitative estimate of drug-likeness (QED) is 0.756. The average Bonchev–Trinajstić information content (AvgIpc) is 2.62. The van der Waals surface area contributed by atoms with Crippen LogP contribution in [0.2, 0.25) is 0 Å². The Bertz CT molecular complexity index is 818. The van der Waals surface area contributed by atoms with Crippen LogP contribution in [0, 0.1) is 30.5 Å². The van der Waals surface area contributed by atoms with Crippen molar-refractivity contribution in [3.05, 3.63) is 35.1 Å². The Morgan fingerprint density at radius 3 is 2.24 bits per heavy atom. The fourth-order valence-corrected chi connectivity index (χ4v) is 5.75. The Balaban J connectivity index is 1.31. The van der Waals surface area contributed by atoms with Crippen LogP contribution in [0.5, 0.6) is 0 Å². The molecule has 0 saturated heterocycles. The molecule has 0 heterocycles. The third-order valence-corrected chi connectivity index (χ3v) is 6.71. The molecule has 1 aromatic rings. The Hall–Kier alpha value is -2.44. The Morgan fingerprint density at radius 2 is 1.69 bits per heavy atom. The van der Waals surface area contributed by atoms with Gasteiger partial charge in [0.1, 0.15) is 5.82 Å². The molecule has 4 aliphatic rings. The summed E-state index contributed by atoms with van der Waals surface area (Å²) in [5, 5.41) is 5.34. The molecule has 1 atom stereocenters. The molecule has 29 heavy (non-hydrogen) atoms. The minimum atomic E-state index is -1.17. The summed E-state index contributed by atoms with van der Waals surface area (Å²) in [5.74, 6) is -0.0150. The summed E-state index contributed by atoms with van der Waals surface area (Å²) in [6, 6.07) is 3.43. The van der Waals surface area contributed by atoms with E-state index in [9.17, 15) is 18.8 Å². The van der Waals surface area contributed by atoms with Crippen molar-refractivity contribution < 1.29 is 23.5 Å². The van der Waals surface area contributed by atoms with Crippen LogP contribution in [0.25, 0.3) is 0 Å². The van der Waals surface area contributed by atoms with Gasteiger partial charge in [-0.05, 0) is 87.8 Å². The molecule has 1 aromatic carbocycles. The molecule has 0 aromatic heterocycles. The first kappa shape index (κ1) is 19.9. The minimum Gasteiger partial charge on any atom is -0.449 e. The molecule has 156 valence electrons. The molecule has 0 spiro atoms. The molecule has 4 saturated carbocycles. The van der Waals surface area contributed by atoms with Gasteiger partial charge in [0.25, 0.3) is 5.91 Å². The van der Waals surface area contributed by atoms with Crippen LogP contribution in [0.4, 0.5) is 9.18 Å². The normalized spacial score (nSPS) is 30.5. The molecule has 0 unspecified atom stereocenters. The van der Waals surface area contributed by atoms with Crippen LogP contribution in [-0.4, -0.2) is 29.6 Å². The highest BCUT2D eigenvalue weighted by molar-refractivity contribution is 5.98. The first-order valence-electron chi connectivity index (χ1n) is 10.3. The molecule has 6 nitrogen and oxygen atoms in total. The molecule has 4 aliphatic carbocycles. The summed E-state index contributed by atoms with van der Waals surface area (Å²) >= 11 is 0. The summed E-state index contributed by atoms with van der Waals surface area (Å²) in [7, 11) is 0. The highest BCUT2D eigenvalue weighted by Gasteiger charge is 2.51. The Kier molecular flexibility index (Phi) is 5.09. The summed E-state index contributed by atoms with van der Waals surface area (Å²) in [4.78, 5) is 36.9. The third kappa shape index (κ3) is 4.14. The van der Waals surface area contributed by atoms with Crippen LogP contribution in [0.1, 0.15) is 61.4 Å². The number of rotatable bonds is 4. The van der Waals surface area contributed by atoms with Gasteiger partial charge in [-0.25, -0.2) is 14.0 Å². The van der Waals surface area contributed by atoms with Crippen LogP contribution >= 0.6 is 0 Å². The monoisotopic (exact) mass is 402 g/mol. The number of amides is 3. The van der Waals surface area contributed by atoms with Crippen molar-refractivity contribution >= 4 is 17.9 Å². The van der Waals surface area contributed by atoms with E-state index in [1.807, 2.05) is 0 Å². The van der Waals surface area contributed by atoms with Gasteiger partial charge in [0.2, 0.25) is 0 Å². The minimum absolute atomic E-state index is 0.0192. The van der Waals surface area contributed by atoms with Crippen molar-refractivity contribution in [1.29, 1.82) is 0 Å². The molecular weight excluding hydrogens is 375 g/mol. The lowest BCUT2D eigenvalue weighted by Gasteiger charge is -2.56. The zero-order chi connectivity index (χ0) is 20.8. The zero-order valence-electron chi connectivity index (χ0n) is 16.8. The lowest BCUT2D eigenvalue weighted by Crippen LogP contribution is -2.62. The molecule has 3 amide bonds. The molecule has 7 heteroatoms. The van der Waals surface area contributed by atoms with E-state index >= 15 is 0 Å². The van der Waals surface area contributed by atoms with Crippen LogP contribution < -0.4 is 10.6 Å². The van der Waals surface area contributed by atoms with E-state index in [1.54, 1.807) is 6.92 Å². The molecule has 2 N–H and O–H groups in total. The van der Waals surface area contributed by atoms with Crippen molar-refractivity contribution in [1.82, 2.24) is 10.6 Å². The standard InChI is InChI=1S/C22H27FN2O4/c1-12-3-4-17(8-18(12)23)20(27)29-13(2)19(26)24-21(28)25-22-9-14-5-15(10-22)7-16(6-14)11-22/h3-4,8,13-16H,5-7,9-11H2,1-2H3,(H2,24,25,26,28)/t13-,14?,15?,16?,22?/m1/s1. The highest BCUT2D eigenvalue weighted by atomic mass is 19.1. The zero-order valence-corrected chi connectivity index (χ0v) is 16.8. The van der Waals surface area contributed by atoms with Gasteiger partial charge in [0, 0.05) is 5.54 Å². The number of carbonyl (C=O) groups is 3. The lowest BCUT2D eigenvalue weighted by atomic mass is 9.53. The second-order valence-corrected chi connectivity index (χ2v) is 9.15. The number of hydrogen-bond donors (Lipinski definition) is 2. The van der Waals surface area contributed by atoms with E-state index in [0.717, 1.165) is 25.3 Å². The fraction of sp³-hybridized carbons (Fsp3) is 0.591. The van der Waals surface area contributed by atoms with E-state index in [0.29, 0.717) is 23.3 Å². The molecular formula is C22H27FN2O4. The van der Waals surface area contributed by atoms with E-state index in [2.05, 4.69) is 10.6 Å². The maximum atomic E-state index is 13.6. The van der Waals surface area contributed by atoms with Crippen molar-refractivity contribution in [3.63, 3.8) is 0 Å². The number of esters is 1. The van der Waals surface area contributed by atoms with Gasteiger partial charge in [-0.1, -0.05) is 6.07 Å². The number of aryl methyl sites for hydroxylation is 1. The molecule has 4 bridgehead atoms. The van der Waals surface area contributed by atoms with Gasteiger partial charge >= 0.3 is 12.0 Å². The van der Waals surface area contributed by atoms with Crippen LogP contribution in [0.3, 0.4) is 0 Å². The van der Waals surface area contributed by atoms with Gasteiger partial charge in [-0.15, -0.1) is 0 Å². The molecule has 5 rings (SSSR count). The topological polar surface area (TPSA) is 84.5 Å².